The average Bonchev–Trinajstić information content (AvgIpc) is 3.64. The van der Waals surface area contributed by atoms with E-state index in [-0.39, 0.29) is 0 Å². The largest absolute Gasteiger partial charge is 0.309 e. The number of para-hydroxylation sites is 2. The van der Waals surface area contributed by atoms with Crippen LogP contribution < -0.4 is 0 Å². The van der Waals surface area contributed by atoms with Crippen molar-refractivity contribution < 1.29 is 0 Å². The molecule has 0 saturated carbocycles. The smallest absolute Gasteiger partial charge is 0.0547 e. The number of fused-ring (bicyclic) bond motifs is 14. The van der Waals surface area contributed by atoms with Gasteiger partial charge >= 0.3 is 0 Å². The fourth-order valence-electron chi connectivity index (χ4n) is 9.62. The summed E-state index contributed by atoms with van der Waals surface area (Å²) >= 11 is 0. The molecule has 0 aliphatic heterocycles. The molecule has 0 aliphatic carbocycles. The minimum absolute atomic E-state index is 1.17. The predicted octanol–water partition coefficient (Wildman–Crippen LogP) is 15.6. The van der Waals surface area contributed by atoms with E-state index in [1.807, 2.05) is 0 Å². The van der Waals surface area contributed by atoms with Gasteiger partial charge in [0.15, 0.2) is 0 Å². The Kier molecular flexibility index (Phi) is 7.00. The number of nitrogens with zero attached hydrogens (tertiary/aromatic N) is 1. The predicted molar refractivity (Wildman–Crippen MR) is 245 cm³/mol. The molecule has 0 amide bonds. The fraction of sp³-hybridized carbons (Fsp3) is 0. The minimum Gasteiger partial charge on any atom is -0.309 e. The fourth-order valence-corrected chi connectivity index (χ4v) is 9.62. The van der Waals surface area contributed by atoms with E-state index in [9.17, 15) is 0 Å². The van der Waals surface area contributed by atoms with E-state index in [0.717, 1.165) is 0 Å². The summed E-state index contributed by atoms with van der Waals surface area (Å²) in [6.45, 7) is 0. The Morgan fingerprint density at radius 3 is 1.28 bits per heavy atom. The van der Waals surface area contributed by atoms with Crippen LogP contribution in [-0.2, 0) is 0 Å². The van der Waals surface area contributed by atoms with E-state index in [4.69, 9.17) is 0 Å². The van der Waals surface area contributed by atoms with Crippen molar-refractivity contribution in [2.75, 3.05) is 0 Å². The maximum Gasteiger partial charge on any atom is 0.0547 e. The van der Waals surface area contributed by atoms with Crippen LogP contribution in [0.3, 0.4) is 0 Å². The Bertz CT molecular complexity index is 3540. The van der Waals surface area contributed by atoms with Crippen molar-refractivity contribution >= 4 is 75.7 Å². The lowest BCUT2D eigenvalue weighted by atomic mass is 9.85. The number of hydrogen-bond acceptors (Lipinski definition) is 0. The summed E-state index contributed by atoms with van der Waals surface area (Å²) < 4.78 is 2.39. The molecule has 0 fully saturated rings. The van der Waals surface area contributed by atoms with E-state index >= 15 is 0 Å². The van der Waals surface area contributed by atoms with Gasteiger partial charge in [0.2, 0.25) is 0 Å². The van der Waals surface area contributed by atoms with Crippen molar-refractivity contribution in [2.45, 2.75) is 0 Å². The van der Waals surface area contributed by atoms with Crippen LogP contribution in [0.25, 0.3) is 115 Å². The first-order valence-corrected chi connectivity index (χ1v) is 19.8. The Morgan fingerprint density at radius 2 is 0.667 bits per heavy atom. The Morgan fingerprint density at radius 1 is 0.228 bits per heavy atom. The Balaban J connectivity index is 1.04. The van der Waals surface area contributed by atoms with Crippen molar-refractivity contribution in [3.8, 4) is 39.1 Å². The molecule has 0 aliphatic rings. The van der Waals surface area contributed by atoms with Crippen LogP contribution >= 0.6 is 0 Å². The first kappa shape index (κ1) is 31.8. The summed E-state index contributed by atoms with van der Waals surface area (Å²) in [6, 6.07) is 78.1. The highest BCUT2D eigenvalue weighted by molar-refractivity contribution is 6.39. The number of rotatable bonds is 4. The van der Waals surface area contributed by atoms with Gasteiger partial charge in [-0.05, 0) is 124 Å². The van der Waals surface area contributed by atoms with Gasteiger partial charge in [-0.25, -0.2) is 0 Å². The Hall–Kier alpha value is -7.48. The quantitative estimate of drug-likeness (QED) is 0.160. The van der Waals surface area contributed by atoms with Crippen molar-refractivity contribution in [1.29, 1.82) is 0 Å². The molecule has 0 saturated heterocycles. The van der Waals surface area contributed by atoms with E-state index in [1.54, 1.807) is 0 Å². The van der Waals surface area contributed by atoms with Crippen molar-refractivity contribution in [1.82, 2.24) is 4.57 Å². The zero-order chi connectivity index (χ0) is 37.5. The van der Waals surface area contributed by atoms with Gasteiger partial charge in [-0.2, -0.15) is 0 Å². The lowest BCUT2D eigenvalue weighted by Crippen LogP contribution is -1.92. The summed E-state index contributed by atoms with van der Waals surface area (Å²) in [5.41, 5.74) is 11.0. The molecule has 1 nitrogen and oxygen atoms in total. The van der Waals surface area contributed by atoms with Gasteiger partial charge in [-0.15, -0.1) is 0 Å². The summed E-state index contributed by atoms with van der Waals surface area (Å²) in [4.78, 5) is 0. The lowest BCUT2D eigenvalue weighted by molar-refractivity contribution is 1.18. The topological polar surface area (TPSA) is 4.93 Å². The molecule has 0 bridgehead atoms. The molecular weight excluding hydrogens is 687 g/mol. The van der Waals surface area contributed by atoms with Crippen molar-refractivity contribution in [3.63, 3.8) is 0 Å². The zero-order valence-corrected chi connectivity index (χ0v) is 31.2. The molecule has 12 aromatic rings. The van der Waals surface area contributed by atoms with Crippen LogP contribution in [0.5, 0.6) is 0 Å². The van der Waals surface area contributed by atoms with Crippen LogP contribution in [0.2, 0.25) is 0 Å². The van der Waals surface area contributed by atoms with Crippen LogP contribution in [0.4, 0.5) is 0 Å². The second-order valence-corrected chi connectivity index (χ2v) is 15.2. The highest BCUT2D eigenvalue weighted by atomic mass is 15.0. The van der Waals surface area contributed by atoms with E-state index < -0.39 is 0 Å². The summed E-state index contributed by atoms with van der Waals surface area (Å²) in [7, 11) is 0. The molecular formula is C56H35N. The van der Waals surface area contributed by atoms with Crippen molar-refractivity contribution in [3.05, 3.63) is 212 Å². The number of aromatic nitrogens is 1. The van der Waals surface area contributed by atoms with E-state index in [1.165, 1.54) is 115 Å². The highest BCUT2D eigenvalue weighted by Crippen LogP contribution is 2.46. The molecule has 0 radical (unpaired) electrons. The van der Waals surface area contributed by atoms with Gasteiger partial charge < -0.3 is 4.57 Å². The van der Waals surface area contributed by atoms with Crippen LogP contribution in [0, 0.1) is 0 Å². The minimum atomic E-state index is 1.17. The van der Waals surface area contributed by atoms with Gasteiger partial charge in [0, 0.05) is 16.5 Å². The summed E-state index contributed by atoms with van der Waals surface area (Å²) in [6.07, 6.45) is 0. The molecule has 0 spiro atoms. The van der Waals surface area contributed by atoms with Gasteiger partial charge in [-0.3, -0.25) is 0 Å². The average molecular weight is 722 g/mol. The number of benzene rings is 11. The standard InChI is InChI=1S/C56H35N/c1-3-14-36(15-4-1)39-30-32-47-50(34-39)43-18-7-9-20-45(43)56-48-33-31-40(35-51(48)44-19-8-10-21-46(44)55(47)56)37-26-28-38(29-27-37)42-23-13-25-53-54(42)49-22-11-12-24-52(49)57(53)41-16-5-2-6-17-41/h1-35H. The first-order chi connectivity index (χ1) is 28.3. The van der Waals surface area contributed by atoms with Gasteiger partial charge in [0.1, 0.15) is 0 Å². The van der Waals surface area contributed by atoms with E-state index in [0.29, 0.717) is 0 Å². The third-order valence-electron chi connectivity index (χ3n) is 12.1. The molecule has 1 aromatic heterocycles. The Labute approximate surface area is 330 Å². The highest BCUT2D eigenvalue weighted by Gasteiger charge is 2.18. The molecule has 57 heavy (non-hydrogen) atoms. The molecule has 11 aromatic carbocycles. The van der Waals surface area contributed by atoms with Crippen LogP contribution in [0.15, 0.2) is 212 Å². The summed E-state index contributed by atoms with van der Waals surface area (Å²) in [5.74, 6) is 0. The SMILES string of the molecule is c1ccc(-c2ccc3c(c2)c2ccccc2c2c4ccc(-c5ccc(-c6cccc7c6c6ccccc6n7-c6ccccc6)cc5)cc4c4ccccc4c32)cc1. The molecule has 1 heterocycles. The second kappa shape index (κ2) is 12.5. The first-order valence-electron chi connectivity index (χ1n) is 19.8. The van der Waals surface area contributed by atoms with Crippen LogP contribution in [0.1, 0.15) is 0 Å². The molecule has 0 unspecified atom stereocenters. The van der Waals surface area contributed by atoms with Gasteiger partial charge in [-0.1, -0.05) is 176 Å². The maximum atomic E-state index is 2.41. The number of hydrogen-bond donors (Lipinski definition) is 0. The second-order valence-electron chi connectivity index (χ2n) is 15.2. The molecule has 264 valence electrons. The molecule has 0 N–H and O–H groups in total. The van der Waals surface area contributed by atoms with E-state index in [2.05, 4.69) is 217 Å². The normalized spacial score (nSPS) is 11.9. The third-order valence-corrected chi connectivity index (χ3v) is 12.1. The maximum absolute atomic E-state index is 2.41. The van der Waals surface area contributed by atoms with Crippen LogP contribution in [-0.4, -0.2) is 4.57 Å². The lowest BCUT2D eigenvalue weighted by Gasteiger charge is -2.18. The molecule has 1 heteroatoms. The van der Waals surface area contributed by atoms with Crippen molar-refractivity contribution in [2.24, 2.45) is 0 Å². The monoisotopic (exact) mass is 721 g/mol. The molecule has 12 rings (SSSR count). The van der Waals surface area contributed by atoms with Gasteiger partial charge in [0.05, 0.1) is 11.0 Å². The van der Waals surface area contributed by atoms with Gasteiger partial charge in [0.25, 0.3) is 0 Å². The molecule has 0 atom stereocenters. The third kappa shape index (κ3) is 4.83. The zero-order valence-electron chi connectivity index (χ0n) is 31.2. The summed E-state index contributed by atoms with van der Waals surface area (Å²) in [5, 5.41) is 15.5.